The normalized spacial score (nSPS) is 10.6. The van der Waals surface area contributed by atoms with Gasteiger partial charge >= 0.3 is 5.97 Å². The Morgan fingerprint density at radius 3 is 2.59 bits per heavy atom. The first-order valence-electron chi connectivity index (χ1n) is 6.51. The van der Waals surface area contributed by atoms with Gasteiger partial charge in [0.25, 0.3) is 5.56 Å². The molecule has 0 fully saturated rings. The number of hydrogen-bond donors (Lipinski definition) is 1. The minimum atomic E-state index is -0.387. The van der Waals surface area contributed by atoms with E-state index in [0.29, 0.717) is 33.1 Å². The van der Waals surface area contributed by atoms with Crippen molar-refractivity contribution in [3.63, 3.8) is 0 Å². The van der Waals surface area contributed by atoms with Crippen LogP contribution in [0.2, 0.25) is 5.02 Å². The Bertz CT molecular complexity index is 917. The fraction of sp³-hybridized carbons (Fsp3) is 0.0625. The van der Waals surface area contributed by atoms with Crippen LogP contribution in [0.15, 0.2) is 47.3 Å². The summed E-state index contributed by atoms with van der Waals surface area (Å²) in [6, 6.07) is 11.7. The van der Waals surface area contributed by atoms with E-state index in [2.05, 4.69) is 9.97 Å². The molecule has 0 aliphatic carbocycles. The van der Waals surface area contributed by atoms with E-state index in [1.165, 1.54) is 6.92 Å². The predicted octanol–water partition coefficient (Wildman–Crippen LogP) is 3.17. The second-order valence-corrected chi connectivity index (χ2v) is 5.13. The van der Waals surface area contributed by atoms with Crippen LogP contribution >= 0.6 is 11.6 Å². The van der Waals surface area contributed by atoms with Crippen LogP contribution in [-0.2, 0) is 4.79 Å². The van der Waals surface area contributed by atoms with E-state index in [1.807, 2.05) is 0 Å². The third-order valence-electron chi connectivity index (χ3n) is 3.06. The topological polar surface area (TPSA) is 72.0 Å². The number of esters is 1. The highest BCUT2D eigenvalue weighted by Crippen LogP contribution is 2.21. The average Bonchev–Trinajstić information content (AvgIpc) is 2.48. The number of carbonyl (C=O) groups is 1. The molecule has 1 N–H and O–H groups in total. The Labute approximate surface area is 130 Å². The molecular formula is C16H11ClN2O3. The van der Waals surface area contributed by atoms with Crippen molar-refractivity contribution in [1.82, 2.24) is 9.97 Å². The van der Waals surface area contributed by atoms with E-state index in [-0.39, 0.29) is 11.5 Å². The number of aromatic amines is 1. The van der Waals surface area contributed by atoms with Gasteiger partial charge in [0, 0.05) is 17.5 Å². The number of fused-ring (bicyclic) bond motifs is 1. The van der Waals surface area contributed by atoms with Crippen LogP contribution in [0.3, 0.4) is 0 Å². The third kappa shape index (κ3) is 2.84. The molecular weight excluding hydrogens is 304 g/mol. The van der Waals surface area contributed by atoms with Gasteiger partial charge in [-0.15, -0.1) is 0 Å². The van der Waals surface area contributed by atoms with E-state index >= 15 is 0 Å². The van der Waals surface area contributed by atoms with Crippen molar-refractivity contribution in [3.8, 4) is 17.1 Å². The van der Waals surface area contributed by atoms with Gasteiger partial charge in [0.05, 0.1) is 10.9 Å². The summed E-state index contributed by atoms with van der Waals surface area (Å²) in [6.07, 6.45) is 0. The minimum absolute atomic E-state index is 0.258. The molecule has 1 heterocycles. The summed E-state index contributed by atoms with van der Waals surface area (Å²) in [5.41, 5.74) is 1.02. The summed E-state index contributed by atoms with van der Waals surface area (Å²) >= 11 is 5.88. The Morgan fingerprint density at radius 1 is 1.18 bits per heavy atom. The molecule has 110 valence electrons. The average molecular weight is 315 g/mol. The van der Waals surface area contributed by atoms with Crippen LogP contribution in [-0.4, -0.2) is 15.9 Å². The number of halogens is 1. The van der Waals surface area contributed by atoms with Gasteiger partial charge in [-0.2, -0.15) is 0 Å². The predicted molar refractivity (Wildman–Crippen MR) is 84.1 cm³/mol. The first-order chi connectivity index (χ1) is 10.5. The lowest BCUT2D eigenvalue weighted by atomic mass is 10.2. The second kappa shape index (κ2) is 5.61. The standard InChI is InChI=1S/C16H11ClN2O3/c1-9(20)22-12-5-2-10(3-6-12)15-18-14-7-4-11(17)8-13(14)16(21)19-15/h2-8H,1H3,(H,18,19,21). The molecule has 3 rings (SSSR count). The van der Waals surface area contributed by atoms with E-state index in [1.54, 1.807) is 42.5 Å². The lowest BCUT2D eigenvalue weighted by Crippen LogP contribution is -2.09. The molecule has 0 aliphatic heterocycles. The molecule has 2 aromatic carbocycles. The summed E-state index contributed by atoms with van der Waals surface area (Å²) in [5.74, 6) is 0.488. The maximum absolute atomic E-state index is 12.1. The Morgan fingerprint density at radius 2 is 1.91 bits per heavy atom. The Balaban J connectivity index is 2.05. The number of hydrogen-bond acceptors (Lipinski definition) is 4. The zero-order valence-corrected chi connectivity index (χ0v) is 12.3. The first kappa shape index (κ1) is 14.3. The van der Waals surface area contributed by atoms with Crippen molar-refractivity contribution in [2.75, 3.05) is 0 Å². The highest BCUT2D eigenvalue weighted by atomic mass is 35.5. The monoisotopic (exact) mass is 314 g/mol. The van der Waals surface area contributed by atoms with Gasteiger partial charge in [0.15, 0.2) is 0 Å². The molecule has 0 spiro atoms. The Kier molecular flexibility index (Phi) is 3.65. The highest BCUT2D eigenvalue weighted by Gasteiger charge is 2.07. The molecule has 0 aliphatic rings. The van der Waals surface area contributed by atoms with Crippen molar-refractivity contribution in [1.29, 1.82) is 0 Å². The number of nitrogens with one attached hydrogen (secondary N) is 1. The van der Waals surface area contributed by atoms with Gasteiger partial charge in [-0.25, -0.2) is 4.98 Å². The fourth-order valence-corrected chi connectivity index (χ4v) is 2.27. The van der Waals surface area contributed by atoms with Crippen molar-refractivity contribution in [2.24, 2.45) is 0 Å². The quantitative estimate of drug-likeness (QED) is 0.582. The number of carbonyl (C=O) groups excluding carboxylic acids is 1. The lowest BCUT2D eigenvalue weighted by molar-refractivity contribution is -0.131. The molecule has 0 saturated heterocycles. The maximum Gasteiger partial charge on any atom is 0.308 e. The zero-order chi connectivity index (χ0) is 15.7. The zero-order valence-electron chi connectivity index (χ0n) is 11.6. The molecule has 0 atom stereocenters. The van der Waals surface area contributed by atoms with Gasteiger partial charge in [-0.1, -0.05) is 11.6 Å². The van der Waals surface area contributed by atoms with Gasteiger partial charge in [0.2, 0.25) is 0 Å². The van der Waals surface area contributed by atoms with Crippen molar-refractivity contribution in [3.05, 3.63) is 57.8 Å². The number of ether oxygens (including phenoxy) is 1. The molecule has 0 radical (unpaired) electrons. The van der Waals surface area contributed by atoms with E-state index < -0.39 is 0 Å². The molecule has 0 bridgehead atoms. The van der Waals surface area contributed by atoms with Crippen molar-refractivity contribution < 1.29 is 9.53 Å². The summed E-state index contributed by atoms with van der Waals surface area (Å²) in [4.78, 5) is 30.1. The first-order valence-corrected chi connectivity index (χ1v) is 6.89. The van der Waals surface area contributed by atoms with Crippen LogP contribution in [0.4, 0.5) is 0 Å². The smallest absolute Gasteiger partial charge is 0.308 e. The van der Waals surface area contributed by atoms with E-state index in [4.69, 9.17) is 16.3 Å². The van der Waals surface area contributed by atoms with E-state index in [0.717, 1.165) is 0 Å². The second-order valence-electron chi connectivity index (χ2n) is 4.69. The van der Waals surface area contributed by atoms with Crippen LogP contribution in [0, 0.1) is 0 Å². The van der Waals surface area contributed by atoms with Crippen LogP contribution < -0.4 is 10.3 Å². The molecule has 0 unspecified atom stereocenters. The van der Waals surface area contributed by atoms with Crippen molar-refractivity contribution in [2.45, 2.75) is 6.92 Å². The largest absolute Gasteiger partial charge is 0.427 e. The van der Waals surface area contributed by atoms with Gasteiger partial charge in [0.1, 0.15) is 11.6 Å². The number of H-pyrrole nitrogens is 1. The minimum Gasteiger partial charge on any atom is -0.427 e. The summed E-state index contributed by atoms with van der Waals surface area (Å²) in [6.45, 7) is 1.33. The number of aromatic nitrogens is 2. The fourth-order valence-electron chi connectivity index (χ4n) is 2.09. The van der Waals surface area contributed by atoms with Gasteiger partial charge < -0.3 is 9.72 Å². The third-order valence-corrected chi connectivity index (χ3v) is 3.29. The molecule has 3 aromatic rings. The maximum atomic E-state index is 12.1. The molecule has 22 heavy (non-hydrogen) atoms. The summed E-state index contributed by atoms with van der Waals surface area (Å²) < 4.78 is 4.97. The molecule has 5 nitrogen and oxygen atoms in total. The SMILES string of the molecule is CC(=O)Oc1ccc(-c2nc3ccc(Cl)cc3c(=O)[nH]2)cc1. The lowest BCUT2D eigenvalue weighted by Gasteiger charge is -2.05. The van der Waals surface area contributed by atoms with Crippen molar-refractivity contribution >= 4 is 28.5 Å². The number of rotatable bonds is 2. The van der Waals surface area contributed by atoms with Crippen LogP contribution in [0.25, 0.3) is 22.3 Å². The number of benzene rings is 2. The molecule has 6 heteroatoms. The highest BCUT2D eigenvalue weighted by molar-refractivity contribution is 6.31. The van der Waals surface area contributed by atoms with E-state index in [9.17, 15) is 9.59 Å². The van der Waals surface area contributed by atoms with Gasteiger partial charge in [-0.05, 0) is 42.5 Å². The summed E-state index contributed by atoms with van der Waals surface area (Å²) in [5, 5.41) is 0.922. The van der Waals surface area contributed by atoms with Crippen LogP contribution in [0.1, 0.15) is 6.92 Å². The molecule has 1 aromatic heterocycles. The summed E-state index contributed by atoms with van der Waals surface area (Å²) in [7, 11) is 0. The molecule has 0 amide bonds. The molecule has 0 saturated carbocycles. The Hall–Kier alpha value is -2.66. The number of nitrogens with zero attached hydrogens (tertiary/aromatic N) is 1. The van der Waals surface area contributed by atoms with Crippen LogP contribution in [0.5, 0.6) is 5.75 Å². The van der Waals surface area contributed by atoms with Gasteiger partial charge in [-0.3, -0.25) is 9.59 Å².